The molecule has 2 saturated heterocycles. The first kappa shape index (κ1) is 21.5. The molecule has 0 amide bonds. The van der Waals surface area contributed by atoms with Crippen molar-refractivity contribution in [2.24, 2.45) is 0 Å². The highest BCUT2D eigenvalue weighted by atomic mass is 16.5. The minimum Gasteiger partial charge on any atom is -0.496 e. The molecule has 3 heterocycles. The minimum absolute atomic E-state index is 0.328. The highest BCUT2D eigenvalue weighted by Gasteiger charge is 2.29. The van der Waals surface area contributed by atoms with Crippen LogP contribution in [0.5, 0.6) is 17.2 Å². The highest BCUT2D eigenvalue weighted by molar-refractivity contribution is 5.51. The van der Waals surface area contributed by atoms with Gasteiger partial charge in [-0.2, -0.15) is 4.98 Å². The zero-order valence-corrected chi connectivity index (χ0v) is 18.8. The summed E-state index contributed by atoms with van der Waals surface area (Å²) < 4.78 is 16.5. The quantitative estimate of drug-likeness (QED) is 0.689. The van der Waals surface area contributed by atoms with Crippen LogP contribution in [-0.4, -0.2) is 68.4 Å². The molecule has 2 aliphatic heterocycles. The highest BCUT2D eigenvalue weighted by Crippen LogP contribution is 2.35. The second kappa shape index (κ2) is 10.0. The Bertz CT molecular complexity index is 839. The van der Waals surface area contributed by atoms with Crippen molar-refractivity contribution >= 4 is 11.8 Å². The Morgan fingerprint density at radius 2 is 1.65 bits per heavy atom. The molecule has 168 valence electrons. The number of hydrogen-bond acceptors (Lipinski definition) is 8. The van der Waals surface area contributed by atoms with E-state index in [1.54, 1.807) is 21.3 Å². The van der Waals surface area contributed by atoms with Crippen LogP contribution in [0.15, 0.2) is 24.4 Å². The summed E-state index contributed by atoms with van der Waals surface area (Å²) in [7, 11) is 4.99. The Labute approximate surface area is 184 Å². The van der Waals surface area contributed by atoms with Crippen molar-refractivity contribution in [2.45, 2.75) is 38.3 Å². The van der Waals surface area contributed by atoms with Gasteiger partial charge in [-0.3, -0.25) is 4.90 Å². The van der Waals surface area contributed by atoms with Crippen LogP contribution in [0, 0.1) is 0 Å². The van der Waals surface area contributed by atoms with Gasteiger partial charge < -0.3 is 24.4 Å². The van der Waals surface area contributed by atoms with E-state index in [4.69, 9.17) is 19.2 Å². The molecule has 1 aromatic carbocycles. The number of ether oxygens (including phenoxy) is 3. The van der Waals surface area contributed by atoms with Crippen LogP contribution in [-0.2, 0) is 6.54 Å². The Morgan fingerprint density at radius 1 is 0.968 bits per heavy atom. The minimum atomic E-state index is 0.328. The molecule has 0 saturated carbocycles. The molecular weight excluding hydrogens is 394 g/mol. The molecule has 2 fully saturated rings. The zero-order chi connectivity index (χ0) is 21.6. The maximum atomic E-state index is 5.58. The van der Waals surface area contributed by atoms with E-state index >= 15 is 0 Å². The summed E-state index contributed by atoms with van der Waals surface area (Å²) in [6.07, 6.45) is 6.97. The molecule has 31 heavy (non-hydrogen) atoms. The largest absolute Gasteiger partial charge is 0.496 e. The summed E-state index contributed by atoms with van der Waals surface area (Å²) in [6, 6.07) is 6.14. The fourth-order valence-corrected chi connectivity index (χ4v) is 4.32. The van der Waals surface area contributed by atoms with E-state index in [2.05, 4.69) is 20.1 Å². The van der Waals surface area contributed by atoms with Gasteiger partial charge in [-0.1, -0.05) is 12.8 Å². The number of methoxy groups -OCH3 is 3. The first-order chi connectivity index (χ1) is 15.2. The third kappa shape index (κ3) is 5.12. The molecule has 0 atom stereocenters. The monoisotopic (exact) mass is 427 g/mol. The molecule has 8 nitrogen and oxygen atoms in total. The Kier molecular flexibility index (Phi) is 6.96. The summed E-state index contributed by atoms with van der Waals surface area (Å²) in [5.41, 5.74) is 1.03. The average molecular weight is 428 g/mol. The number of nitrogens with one attached hydrogen (secondary N) is 1. The van der Waals surface area contributed by atoms with Gasteiger partial charge in [0.05, 0.1) is 32.9 Å². The van der Waals surface area contributed by atoms with Crippen LogP contribution >= 0.6 is 0 Å². The molecule has 1 N–H and O–H groups in total. The zero-order valence-electron chi connectivity index (χ0n) is 18.8. The van der Waals surface area contributed by atoms with Gasteiger partial charge in [0, 0.05) is 51.1 Å². The Hall–Kier alpha value is -2.74. The van der Waals surface area contributed by atoms with Gasteiger partial charge in [-0.15, -0.1) is 0 Å². The number of aromatic nitrogens is 2. The van der Waals surface area contributed by atoms with Crippen molar-refractivity contribution in [2.75, 3.05) is 57.7 Å². The van der Waals surface area contributed by atoms with Crippen molar-refractivity contribution in [3.63, 3.8) is 0 Å². The molecule has 0 unspecified atom stereocenters. The second-order valence-electron chi connectivity index (χ2n) is 8.19. The first-order valence-corrected chi connectivity index (χ1v) is 11.1. The SMILES string of the molecule is COc1cc(OC)c(CN2CC(Nc3nccc(N4CCCCCC4)n3)C2)c(OC)c1. The Morgan fingerprint density at radius 3 is 2.26 bits per heavy atom. The Balaban J connectivity index is 1.35. The van der Waals surface area contributed by atoms with E-state index in [0.717, 1.165) is 61.4 Å². The van der Waals surface area contributed by atoms with E-state index in [1.165, 1.54) is 25.7 Å². The van der Waals surface area contributed by atoms with Gasteiger partial charge in [-0.05, 0) is 18.9 Å². The summed E-state index contributed by atoms with van der Waals surface area (Å²) in [6.45, 7) is 4.74. The lowest BCUT2D eigenvalue weighted by molar-refractivity contribution is 0.149. The molecule has 8 heteroatoms. The van der Waals surface area contributed by atoms with Gasteiger partial charge in [0.1, 0.15) is 23.1 Å². The third-order valence-electron chi connectivity index (χ3n) is 6.06. The maximum absolute atomic E-state index is 5.58. The standard InChI is InChI=1S/C23H33N5O3/c1-29-18-12-20(30-2)19(21(13-18)31-3)16-27-14-17(15-27)25-23-24-9-8-22(26-23)28-10-6-4-5-7-11-28/h8-9,12-13,17H,4-7,10-11,14-16H2,1-3H3,(H,24,25,26). The van der Waals surface area contributed by atoms with Crippen molar-refractivity contribution in [3.8, 4) is 17.2 Å². The molecule has 0 spiro atoms. The van der Waals surface area contributed by atoms with Crippen LogP contribution in [0.2, 0.25) is 0 Å². The molecule has 2 aliphatic rings. The van der Waals surface area contributed by atoms with Crippen molar-refractivity contribution < 1.29 is 14.2 Å². The lowest BCUT2D eigenvalue weighted by Crippen LogP contribution is -2.54. The van der Waals surface area contributed by atoms with E-state index in [1.807, 2.05) is 24.4 Å². The molecule has 0 radical (unpaired) electrons. The van der Waals surface area contributed by atoms with Crippen LogP contribution in [0.3, 0.4) is 0 Å². The predicted octanol–water partition coefficient (Wildman–Crippen LogP) is 3.18. The summed E-state index contributed by atoms with van der Waals surface area (Å²) >= 11 is 0. The van der Waals surface area contributed by atoms with Crippen LogP contribution < -0.4 is 24.4 Å². The second-order valence-corrected chi connectivity index (χ2v) is 8.19. The smallest absolute Gasteiger partial charge is 0.224 e. The van der Waals surface area contributed by atoms with Gasteiger partial charge in [0.2, 0.25) is 5.95 Å². The van der Waals surface area contributed by atoms with Gasteiger partial charge in [-0.25, -0.2) is 4.98 Å². The molecule has 1 aromatic heterocycles. The molecule has 4 rings (SSSR count). The number of anilines is 2. The fourth-order valence-electron chi connectivity index (χ4n) is 4.32. The molecule has 0 aliphatic carbocycles. The number of benzene rings is 1. The normalized spacial score (nSPS) is 17.6. The molecular formula is C23H33N5O3. The molecule has 2 aromatic rings. The van der Waals surface area contributed by atoms with Gasteiger partial charge in [0.15, 0.2) is 0 Å². The number of likely N-dealkylation sites (tertiary alicyclic amines) is 1. The lowest BCUT2D eigenvalue weighted by atomic mass is 10.1. The van der Waals surface area contributed by atoms with Crippen LogP contribution in [0.1, 0.15) is 31.2 Å². The molecule has 0 bridgehead atoms. The first-order valence-electron chi connectivity index (χ1n) is 11.1. The maximum Gasteiger partial charge on any atom is 0.224 e. The van der Waals surface area contributed by atoms with Crippen molar-refractivity contribution in [1.82, 2.24) is 14.9 Å². The summed E-state index contributed by atoms with van der Waals surface area (Å²) in [5, 5.41) is 3.49. The van der Waals surface area contributed by atoms with Gasteiger partial charge >= 0.3 is 0 Å². The van der Waals surface area contributed by atoms with Crippen LogP contribution in [0.4, 0.5) is 11.8 Å². The topological polar surface area (TPSA) is 72.0 Å². The number of nitrogens with zero attached hydrogens (tertiary/aromatic N) is 4. The van der Waals surface area contributed by atoms with E-state index in [-0.39, 0.29) is 0 Å². The number of hydrogen-bond donors (Lipinski definition) is 1. The van der Waals surface area contributed by atoms with Crippen molar-refractivity contribution in [1.29, 1.82) is 0 Å². The van der Waals surface area contributed by atoms with E-state index < -0.39 is 0 Å². The van der Waals surface area contributed by atoms with E-state index in [0.29, 0.717) is 12.0 Å². The van der Waals surface area contributed by atoms with Crippen molar-refractivity contribution in [3.05, 3.63) is 30.0 Å². The average Bonchev–Trinajstić information content (AvgIpc) is 3.07. The van der Waals surface area contributed by atoms with Gasteiger partial charge in [0.25, 0.3) is 0 Å². The summed E-state index contributed by atoms with van der Waals surface area (Å²) in [5.74, 6) is 4.03. The third-order valence-corrected chi connectivity index (χ3v) is 6.06. The predicted molar refractivity (Wildman–Crippen MR) is 121 cm³/mol. The van der Waals surface area contributed by atoms with E-state index in [9.17, 15) is 0 Å². The lowest BCUT2D eigenvalue weighted by Gasteiger charge is -2.40. The summed E-state index contributed by atoms with van der Waals surface area (Å²) in [4.78, 5) is 13.9. The number of rotatable bonds is 8. The van der Waals surface area contributed by atoms with Crippen LogP contribution in [0.25, 0.3) is 0 Å². The fraction of sp³-hybridized carbons (Fsp3) is 0.565.